The predicted molar refractivity (Wildman–Crippen MR) is 129 cm³/mol. The van der Waals surface area contributed by atoms with Crippen molar-refractivity contribution in [3.63, 3.8) is 0 Å². The summed E-state index contributed by atoms with van der Waals surface area (Å²) < 4.78 is 5.18. The lowest BCUT2D eigenvalue weighted by atomic mass is 9.99. The van der Waals surface area contributed by atoms with Gasteiger partial charge in [0.2, 0.25) is 5.91 Å². The van der Waals surface area contributed by atoms with Crippen LogP contribution in [0.2, 0.25) is 0 Å². The van der Waals surface area contributed by atoms with Crippen LogP contribution in [0.25, 0.3) is 0 Å². The molecule has 0 unspecified atom stereocenters. The number of amides is 2. The summed E-state index contributed by atoms with van der Waals surface area (Å²) in [6.07, 6.45) is 1.51. The minimum absolute atomic E-state index is 0.0153. The van der Waals surface area contributed by atoms with Gasteiger partial charge in [0.1, 0.15) is 12.3 Å². The highest BCUT2D eigenvalue weighted by atomic mass is 16.5. The molecule has 34 heavy (non-hydrogen) atoms. The van der Waals surface area contributed by atoms with Crippen molar-refractivity contribution in [2.24, 2.45) is 0 Å². The van der Waals surface area contributed by atoms with Gasteiger partial charge in [-0.2, -0.15) is 5.26 Å². The van der Waals surface area contributed by atoms with Gasteiger partial charge in [-0.05, 0) is 54.3 Å². The highest BCUT2D eigenvalue weighted by Crippen LogP contribution is 2.23. The molecule has 172 valence electrons. The summed E-state index contributed by atoms with van der Waals surface area (Å²) in [7, 11) is 1.58. The molecule has 0 saturated carbocycles. The fraction of sp³-hybridized carbons (Fsp3) is 0.250. The number of carbonyl (C=O) groups is 2. The van der Waals surface area contributed by atoms with Gasteiger partial charge in [-0.15, -0.1) is 0 Å². The quantitative estimate of drug-likeness (QED) is 0.541. The second-order valence-electron chi connectivity index (χ2n) is 8.38. The minimum Gasteiger partial charge on any atom is -0.497 e. The van der Waals surface area contributed by atoms with Gasteiger partial charge in [0.05, 0.1) is 24.8 Å². The van der Waals surface area contributed by atoms with Crippen LogP contribution in [0.1, 0.15) is 33.5 Å². The molecule has 1 fully saturated rings. The van der Waals surface area contributed by atoms with E-state index >= 15 is 0 Å². The predicted octanol–water partition coefficient (Wildman–Crippen LogP) is 4.05. The van der Waals surface area contributed by atoms with Crippen LogP contribution in [0.4, 0.5) is 0 Å². The van der Waals surface area contributed by atoms with Gasteiger partial charge in [-0.3, -0.25) is 9.59 Å². The van der Waals surface area contributed by atoms with Crippen LogP contribution in [-0.4, -0.2) is 47.9 Å². The van der Waals surface area contributed by atoms with E-state index in [2.05, 4.69) is 18.2 Å². The zero-order valence-corrected chi connectivity index (χ0v) is 19.2. The molecule has 0 spiro atoms. The Labute approximate surface area is 200 Å². The molecule has 6 heteroatoms. The van der Waals surface area contributed by atoms with Crippen LogP contribution in [0.15, 0.2) is 78.9 Å². The van der Waals surface area contributed by atoms with E-state index in [4.69, 9.17) is 4.74 Å². The number of hydrogen-bond donors (Lipinski definition) is 0. The van der Waals surface area contributed by atoms with Gasteiger partial charge in [-0.25, -0.2) is 0 Å². The molecule has 1 aliphatic rings. The summed E-state index contributed by atoms with van der Waals surface area (Å²) >= 11 is 0. The fourth-order valence-corrected chi connectivity index (χ4v) is 4.34. The number of nitriles is 1. The van der Waals surface area contributed by atoms with Crippen molar-refractivity contribution in [3.05, 3.63) is 101 Å². The number of methoxy groups -OCH3 is 1. The van der Waals surface area contributed by atoms with Gasteiger partial charge in [0.15, 0.2) is 0 Å². The molecule has 3 aromatic rings. The Morgan fingerprint density at radius 3 is 2.44 bits per heavy atom. The Balaban J connectivity index is 1.56. The minimum atomic E-state index is -0.169. The lowest BCUT2D eigenvalue weighted by molar-refractivity contribution is -0.139. The lowest BCUT2D eigenvalue weighted by Gasteiger charge is -2.41. The van der Waals surface area contributed by atoms with E-state index in [0.717, 1.165) is 18.4 Å². The van der Waals surface area contributed by atoms with Crippen molar-refractivity contribution >= 4 is 11.8 Å². The number of piperazine rings is 1. The first kappa shape index (κ1) is 23.1. The van der Waals surface area contributed by atoms with Gasteiger partial charge >= 0.3 is 0 Å². The lowest BCUT2D eigenvalue weighted by Crippen LogP contribution is -2.57. The highest BCUT2D eigenvalue weighted by molar-refractivity contribution is 5.97. The van der Waals surface area contributed by atoms with Crippen molar-refractivity contribution in [2.45, 2.75) is 25.4 Å². The van der Waals surface area contributed by atoms with E-state index in [1.165, 1.54) is 5.56 Å². The summed E-state index contributed by atoms with van der Waals surface area (Å²) in [5, 5.41) is 9.49. The molecule has 4 rings (SSSR count). The Bertz CT molecular complexity index is 1190. The number of nitrogens with zero attached hydrogens (tertiary/aromatic N) is 3. The third kappa shape index (κ3) is 5.26. The Kier molecular flexibility index (Phi) is 7.24. The van der Waals surface area contributed by atoms with Gasteiger partial charge in [-0.1, -0.05) is 48.5 Å². The Morgan fingerprint density at radius 1 is 1.03 bits per heavy atom. The molecule has 1 aliphatic heterocycles. The number of carbonyl (C=O) groups excluding carboxylic acids is 2. The van der Waals surface area contributed by atoms with Crippen molar-refractivity contribution in [1.82, 2.24) is 9.80 Å². The number of aryl methyl sites for hydroxylation is 1. The van der Waals surface area contributed by atoms with Crippen molar-refractivity contribution < 1.29 is 14.3 Å². The van der Waals surface area contributed by atoms with Gasteiger partial charge < -0.3 is 14.5 Å². The van der Waals surface area contributed by atoms with Crippen LogP contribution >= 0.6 is 0 Å². The van der Waals surface area contributed by atoms with Crippen molar-refractivity contribution in [3.8, 4) is 11.8 Å². The van der Waals surface area contributed by atoms with Gasteiger partial charge in [0, 0.05) is 18.7 Å². The average Bonchev–Trinajstić information content (AvgIpc) is 2.89. The molecular weight excluding hydrogens is 426 g/mol. The number of benzene rings is 3. The molecule has 0 radical (unpaired) electrons. The van der Waals surface area contributed by atoms with E-state index in [1.54, 1.807) is 42.3 Å². The molecular formula is C28H27N3O3. The van der Waals surface area contributed by atoms with Crippen molar-refractivity contribution in [2.75, 3.05) is 20.2 Å². The number of rotatable bonds is 7. The Hall–Kier alpha value is -4.11. The molecule has 0 aromatic heterocycles. The monoisotopic (exact) mass is 453 g/mol. The van der Waals surface area contributed by atoms with E-state index in [9.17, 15) is 14.9 Å². The maximum Gasteiger partial charge on any atom is 0.254 e. The smallest absolute Gasteiger partial charge is 0.254 e. The van der Waals surface area contributed by atoms with E-state index < -0.39 is 0 Å². The Morgan fingerprint density at radius 2 is 1.74 bits per heavy atom. The van der Waals surface area contributed by atoms with Crippen LogP contribution in [-0.2, 0) is 17.8 Å². The summed E-state index contributed by atoms with van der Waals surface area (Å²) in [5.41, 5.74) is 3.09. The molecule has 6 nitrogen and oxygen atoms in total. The standard InChI is InChI=1S/C28H27N3O3/c1-34-26-15-12-22(13-16-26)28(33)30-19-25(14-11-21-7-3-2-4-8-21)31(27(32)20-30)18-24-10-6-5-9-23(24)17-29/h2-10,12-13,15-16,25H,11,14,18-20H2,1H3/t25-/m0/s1. The second kappa shape index (κ2) is 10.7. The zero-order chi connectivity index (χ0) is 23.9. The van der Waals surface area contributed by atoms with Crippen LogP contribution in [0.3, 0.4) is 0 Å². The van der Waals surface area contributed by atoms with E-state index in [1.807, 2.05) is 41.3 Å². The van der Waals surface area contributed by atoms with E-state index in [-0.39, 0.29) is 24.4 Å². The number of hydrogen-bond acceptors (Lipinski definition) is 4. The van der Waals surface area contributed by atoms with Crippen molar-refractivity contribution in [1.29, 1.82) is 5.26 Å². The van der Waals surface area contributed by atoms with Crippen LogP contribution in [0, 0.1) is 11.3 Å². The fourth-order valence-electron chi connectivity index (χ4n) is 4.34. The topological polar surface area (TPSA) is 73.6 Å². The molecule has 1 saturated heterocycles. The molecule has 3 aromatic carbocycles. The first-order chi connectivity index (χ1) is 16.6. The van der Waals surface area contributed by atoms with Crippen LogP contribution < -0.4 is 4.74 Å². The maximum absolute atomic E-state index is 13.3. The number of ether oxygens (including phenoxy) is 1. The summed E-state index contributed by atoms with van der Waals surface area (Å²) in [4.78, 5) is 30.0. The average molecular weight is 454 g/mol. The normalized spacial score (nSPS) is 15.6. The molecule has 0 aliphatic carbocycles. The molecule has 1 atom stereocenters. The molecule has 1 heterocycles. The highest BCUT2D eigenvalue weighted by Gasteiger charge is 2.35. The second-order valence-corrected chi connectivity index (χ2v) is 8.38. The molecule has 0 bridgehead atoms. The summed E-state index contributed by atoms with van der Waals surface area (Å²) in [5.74, 6) is 0.394. The third-order valence-electron chi connectivity index (χ3n) is 6.23. The first-order valence-electron chi connectivity index (χ1n) is 11.3. The zero-order valence-electron chi connectivity index (χ0n) is 19.2. The largest absolute Gasteiger partial charge is 0.497 e. The van der Waals surface area contributed by atoms with Gasteiger partial charge in [0.25, 0.3) is 5.91 Å². The molecule has 2 amide bonds. The third-order valence-corrected chi connectivity index (χ3v) is 6.23. The summed E-state index contributed by atoms with van der Waals surface area (Å²) in [6.45, 7) is 0.812. The van der Waals surface area contributed by atoms with Crippen LogP contribution in [0.5, 0.6) is 5.75 Å². The maximum atomic E-state index is 13.3. The first-order valence-corrected chi connectivity index (χ1v) is 11.3. The SMILES string of the molecule is COc1ccc(C(=O)N2CC(=O)N(Cc3ccccc3C#N)[C@@H](CCc3ccccc3)C2)cc1. The summed E-state index contributed by atoms with van der Waals surface area (Å²) in [6, 6.07) is 26.5. The van der Waals surface area contributed by atoms with E-state index in [0.29, 0.717) is 30.0 Å². The molecule has 0 N–H and O–H groups in total.